The molecule has 1 saturated heterocycles. The molecule has 2 atom stereocenters. The van der Waals surface area contributed by atoms with Crippen LogP contribution in [-0.2, 0) is 4.79 Å². The van der Waals surface area contributed by atoms with Crippen LogP contribution < -0.4 is 5.32 Å². The van der Waals surface area contributed by atoms with Crippen molar-refractivity contribution < 1.29 is 4.79 Å². The molecule has 0 saturated carbocycles. The van der Waals surface area contributed by atoms with Gasteiger partial charge in [-0.15, -0.1) is 12.3 Å². The van der Waals surface area contributed by atoms with E-state index in [9.17, 15) is 4.79 Å². The van der Waals surface area contributed by atoms with E-state index in [0.717, 1.165) is 19.3 Å². The van der Waals surface area contributed by atoms with Gasteiger partial charge < -0.3 is 5.32 Å². The minimum atomic E-state index is 0.177. The van der Waals surface area contributed by atoms with Crippen LogP contribution in [0.5, 0.6) is 0 Å². The Labute approximate surface area is 67.4 Å². The fraction of sp³-hybridized carbons (Fsp3) is 0.667. The molecule has 1 aliphatic rings. The maximum atomic E-state index is 10.7. The molecular weight excluding hydrogens is 138 g/mol. The number of carbonyl (C=O) groups excluding carboxylic acids is 1. The third-order valence-corrected chi connectivity index (χ3v) is 2.18. The lowest BCUT2D eigenvalue weighted by Crippen LogP contribution is -2.56. The second-order valence-corrected chi connectivity index (χ2v) is 3.00. The number of amides is 1. The van der Waals surface area contributed by atoms with Crippen molar-refractivity contribution in [1.82, 2.24) is 5.32 Å². The van der Waals surface area contributed by atoms with E-state index in [1.807, 2.05) is 6.92 Å². The van der Waals surface area contributed by atoms with Gasteiger partial charge in [-0.05, 0) is 12.8 Å². The molecule has 1 amide bonds. The molecule has 60 valence electrons. The van der Waals surface area contributed by atoms with Gasteiger partial charge in [0.05, 0.1) is 5.92 Å². The Bertz CT molecular complexity index is 192. The van der Waals surface area contributed by atoms with Gasteiger partial charge in [0.25, 0.3) is 0 Å². The molecule has 2 heteroatoms. The molecule has 1 fully saturated rings. The normalized spacial score (nSPS) is 28.5. The molecule has 1 N–H and O–H groups in total. The number of hydrogen-bond acceptors (Lipinski definition) is 1. The van der Waals surface area contributed by atoms with Gasteiger partial charge in [-0.3, -0.25) is 4.79 Å². The van der Waals surface area contributed by atoms with E-state index in [1.54, 1.807) is 0 Å². The van der Waals surface area contributed by atoms with Crippen molar-refractivity contribution in [3.63, 3.8) is 0 Å². The number of β-lactam (4-membered cyclic amide) rings is 1. The summed E-state index contributed by atoms with van der Waals surface area (Å²) >= 11 is 0. The summed E-state index contributed by atoms with van der Waals surface area (Å²) in [5, 5.41) is 2.84. The third-order valence-electron chi connectivity index (χ3n) is 2.18. The minimum absolute atomic E-state index is 0.177. The van der Waals surface area contributed by atoms with Gasteiger partial charge in [-0.2, -0.15) is 0 Å². The molecule has 1 rings (SSSR count). The summed E-state index contributed by atoms with van der Waals surface area (Å²) in [6.45, 7) is 1.96. The predicted octanol–water partition coefficient (Wildman–Crippen LogP) is 0.924. The standard InChI is InChI=1S/C9H13NO/c1-3-4-5-6-8-7(2)9(11)10-8/h1,7-8H,4-6H2,2H3,(H,10,11)/t7-,8-/m1/s1. The van der Waals surface area contributed by atoms with E-state index >= 15 is 0 Å². The summed E-state index contributed by atoms with van der Waals surface area (Å²) in [7, 11) is 0. The molecule has 0 aromatic carbocycles. The zero-order chi connectivity index (χ0) is 8.27. The Hall–Kier alpha value is -0.970. The second kappa shape index (κ2) is 3.43. The Kier molecular flexibility index (Phi) is 2.53. The Morgan fingerprint density at radius 2 is 2.45 bits per heavy atom. The lowest BCUT2D eigenvalue weighted by molar-refractivity contribution is -0.134. The first-order valence-electron chi connectivity index (χ1n) is 3.99. The van der Waals surface area contributed by atoms with E-state index in [1.165, 1.54) is 0 Å². The van der Waals surface area contributed by atoms with Crippen molar-refractivity contribution in [2.24, 2.45) is 5.92 Å². The van der Waals surface area contributed by atoms with Gasteiger partial charge in [-0.25, -0.2) is 0 Å². The van der Waals surface area contributed by atoms with Crippen molar-refractivity contribution >= 4 is 5.91 Å². The number of unbranched alkanes of at least 4 members (excludes halogenated alkanes) is 1. The lowest BCUT2D eigenvalue weighted by Gasteiger charge is -2.34. The van der Waals surface area contributed by atoms with Crippen LogP contribution in [0.4, 0.5) is 0 Å². The van der Waals surface area contributed by atoms with E-state index in [2.05, 4.69) is 11.2 Å². The maximum absolute atomic E-state index is 10.7. The monoisotopic (exact) mass is 151 g/mol. The summed E-state index contributed by atoms with van der Waals surface area (Å²) in [5.74, 6) is 2.96. The first-order valence-corrected chi connectivity index (χ1v) is 3.99. The highest BCUT2D eigenvalue weighted by atomic mass is 16.2. The number of terminal acetylenes is 1. The largest absolute Gasteiger partial charge is 0.352 e. The van der Waals surface area contributed by atoms with Crippen LogP contribution in [0.3, 0.4) is 0 Å². The highest BCUT2D eigenvalue weighted by molar-refractivity contribution is 5.85. The zero-order valence-corrected chi connectivity index (χ0v) is 6.76. The Balaban J connectivity index is 2.11. The average molecular weight is 151 g/mol. The van der Waals surface area contributed by atoms with Crippen LogP contribution in [0.25, 0.3) is 0 Å². The lowest BCUT2D eigenvalue weighted by atomic mass is 9.89. The molecule has 1 aliphatic heterocycles. The average Bonchev–Trinajstić information content (AvgIpc) is 2.03. The van der Waals surface area contributed by atoms with Gasteiger partial charge in [0.2, 0.25) is 5.91 Å². The highest BCUT2D eigenvalue weighted by Gasteiger charge is 2.33. The predicted molar refractivity (Wildman–Crippen MR) is 43.8 cm³/mol. The third kappa shape index (κ3) is 1.74. The van der Waals surface area contributed by atoms with E-state index in [-0.39, 0.29) is 11.8 Å². The first-order chi connectivity index (χ1) is 5.25. The van der Waals surface area contributed by atoms with Gasteiger partial charge >= 0.3 is 0 Å². The van der Waals surface area contributed by atoms with Gasteiger partial charge in [0.1, 0.15) is 0 Å². The van der Waals surface area contributed by atoms with Crippen molar-refractivity contribution in [2.75, 3.05) is 0 Å². The molecule has 2 nitrogen and oxygen atoms in total. The highest BCUT2D eigenvalue weighted by Crippen LogP contribution is 2.18. The van der Waals surface area contributed by atoms with Crippen molar-refractivity contribution in [3.8, 4) is 12.3 Å². The number of rotatable bonds is 3. The van der Waals surface area contributed by atoms with Gasteiger partial charge in [0, 0.05) is 12.5 Å². The fourth-order valence-electron chi connectivity index (χ4n) is 1.27. The van der Waals surface area contributed by atoms with Gasteiger partial charge in [-0.1, -0.05) is 6.92 Å². The smallest absolute Gasteiger partial charge is 0.225 e. The summed E-state index contributed by atoms with van der Waals surface area (Å²) in [4.78, 5) is 10.7. The molecular formula is C9H13NO. The van der Waals surface area contributed by atoms with E-state index in [0.29, 0.717) is 6.04 Å². The molecule has 1 heterocycles. The number of hydrogen-bond donors (Lipinski definition) is 1. The number of nitrogens with one attached hydrogen (secondary N) is 1. The maximum Gasteiger partial charge on any atom is 0.225 e. The van der Waals surface area contributed by atoms with E-state index in [4.69, 9.17) is 6.42 Å². The summed E-state index contributed by atoms with van der Waals surface area (Å²) in [6.07, 6.45) is 7.96. The summed E-state index contributed by atoms with van der Waals surface area (Å²) in [6, 6.07) is 0.385. The van der Waals surface area contributed by atoms with Crippen LogP contribution >= 0.6 is 0 Å². The first kappa shape index (κ1) is 8.13. The summed E-state index contributed by atoms with van der Waals surface area (Å²) < 4.78 is 0. The molecule has 0 radical (unpaired) electrons. The molecule has 0 aromatic heterocycles. The summed E-state index contributed by atoms with van der Waals surface area (Å²) in [5.41, 5.74) is 0. The van der Waals surface area contributed by atoms with E-state index < -0.39 is 0 Å². The van der Waals surface area contributed by atoms with Crippen LogP contribution in [0.2, 0.25) is 0 Å². The molecule has 0 bridgehead atoms. The molecule has 0 spiro atoms. The molecule has 0 aromatic rings. The SMILES string of the molecule is C#CCCC[C@H]1NC(=O)[C@@H]1C. The minimum Gasteiger partial charge on any atom is -0.352 e. The quantitative estimate of drug-likeness (QED) is 0.363. The van der Waals surface area contributed by atoms with Crippen LogP contribution in [-0.4, -0.2) is 11.9 Å². The van der Waals surface area contributed by atoms with Crippen LogP contribution in [0.1, 0.15) is 26.2 Å². The van der Waals surface area contributed by atoms with Crippen molar-refractivity contribution in [1.29, 1.82) is 0 Å². The zero-order valence-electron chi connectivity index (χ0n) is 6.76. The number of carbonyl (C=O) groups is 1. The Morgan fingerprint density at radius 1 is 1.73 bits per heavy atom. The second-order valence-electron chi connectivity index (χ2n) is 3.00. The van der Waals surface area contributed by atoms with Crippen LogP contribution in [0.15, 0.2) is 0 Å². The van der Waals surface area contributed by atoms with Crippen LogP contribution in [0, 0.1) is 18.3 Å². The Morgan fingerprint density at radius 3 is 2.91 bits per heavy atom. The fourth-order valence-corrected chi connectivity index (χ4v) is 1.27. The topological polar surface area (TPSA) is 29.1 Å². The molecule has 0 aliphatic carbocycles. The van der Waals surface area contributed by atoms with Crippen molar-refractivity contribution in [2.45, 2.75) is 32.2 Å². The van der Waals surface area contributed by atoms with Crippen molar-refractivity contribution in [3.05, 3.63) is 0 Å². The van der Waals surface area contributed by atoms with Gasteiger partial charge in [0.15, 0.2) is 0 Å². The molecule has 11 heavy (non-hydrogen) atoms. The molecule has 0 unspecified atom stereocenters.